The van der Waals surface area contributed by atoms with Crippen molar-refractivity contribution in [1.29, 1.82) is 0 Å². The van der Waals surface area contributed by atoms with Crippen molar-refractivity contribution >= 4 is 11.7 Å². The van der Waals surface area contributed by atoms with Crippen molar-refractivity contribution in [2.75, 3.05) is 13.7 Å². The van der Waals surface area contributed by atoms with Crippen molar-refractivity contribution in [3.05, 3.63) is 33.9 Å². The summed E-state index contributed by atoms with van der Waals surface area (Å²) in [5.74, 6) is -0.0959. The van der Waals surface area contributed by atoms with Crippen molar-refractivity contribution in [3.8, 4) is 5.75 Å². The van der Waals surface area contributed by atoms with E-state index in [2.05, 4.69) is 0 Å². The fourth-order valence-corrected chi connectivity index (χ4v) is 1.61. The summed E-state index contributed by atoms with van der Waals surface area (Å²) in [6, 6.07) is 3.28. The first-order valence-electron chi connectivity index (χ1n) is 5.73. The number of ether oxygens (including phenoxy) is 2. The van der Waals surface area contributed by atoms with E-state index in [1.54, 1.807) is 6.92 Å². The number of non-ortho nitro benzene ring substituents is 1. The number of nitrogens with two attached hydrogens (primary N) is 1. The second-order valence-corrected chi connectivity index (χ2v) is 3.82. The quantitative estimate of drug-likeness (QED) is 0.469. The molecule has 0 bridgehead atoms. The largest absolute Gasteiger partial charge is 0.496 e. The van der Waals surface area contributed by atoms with Gasteiger partial charge in [0.1, 0.15) is 11.8 Å². The summed E-state index contributed by atoms with van der Waals surface area (Å²) in [5.41, 5.74) is 6.11. The molecule has 19 heavy (non-hydrogen) atoms. The van der Waals surface area contributed by atoms with Gasteiger partial charge in [-0.2, -0.15) is 0 Å². The molecule has 2 N–H and O–H groups in total. The number of nitro groups is 1. The third-order valence-corrected chi connectivity index (χ3v) is 2.50. The fourth-order valence-electron chi connectivity index (χ4n) is 1.61. The van der Waals surface area contributed by atoms with Crippen molar-refractivity contribution in [2.45, 2.75) is 19.4 Å². The van der Waals surface area contributed by atoms with Crippen LogP contribution in [0.5, 0.6) is 5.75 Å². The summed E-state index contributed by atoms with van der Waals surface area (Å²) in [6.45, 7) is 1.91. The number of rotatable bonds is 6. The zero-order valence-electron chi connectivity index (χ0n) is 10.8. The number of methoxy groups -OCH3 is 1. The maximum atomic E-state index is 11.4. The normalized spacial score (nSPS) is 11.7. The van der Waals surface area contributed by atoms with Gasteiger partial charge in [-0.15, -0.1) is 0 Å². The number of carbonyl (C=O) groups excluding carboxylic acids is 1. The van der Waals surface area contributed by atoms with Crippen LogP contribution in [0.1, 0.15) is 12.5 Å². The lowest BCUT2D eigenvalue weighted by Crippen LogP contribution is -2.34. The lowest BCUT2D eigenvalue weighted by atomic mass is 10.0. The summed E-state index contributed by atoms with van der Waals surface area (Å²) < 4.78 is 9.88. The third kappa shape index (κ3) is 3.92. The van der Waals surface area contributed by atoms with Gasteiger partial charge in [-0.3, -0.25) is 14.9 Å². The Labute approximate surface area is 110 Å². The first-order valence-corrected chi connectivity index (χ1v) is 5.73. The number of benzene rings is 1. The van der Waals surface area contributed by atoms with Crippen LogP contribution < -0.4 is 10.5 Å². The number of carbonyl (C=O) groups is 1. The molecular formula is C12H16N2O5. The van der Waals surface area contributed by atoms with E-state index in [4.69, 9.17) is 15.2 Å². The minimum absolute atomic E-state index is 0.0770. The highest BCUT2D eigenvalue weighted by Gasteiger charge is 2.19. The van der Waals surface area contributed by atoms with Crippen LogP contribution in [0, 0.1) is 10.1 Å². The first-order chi connectivity index (χ1) is 8.99. The smallest absolute Gasteiger partial charge is 0.323 e. The zero-order valence-corrected chi connectivity index (χ0v) is 10.8. The van der Waals surface area contributed by atoms with E-state index >= 15 is 0 Å². The van der Waals surface area contributed by atoms with Crippen molar-refractivity contribution in [2.24, 2.45) is 5.73 Å². The average Bonchev–Trinajstić information content (AvgIpc) is 2.38. The minimum Gasteiger partial charge on any atom is -0.496 e. The van der Waals surface area contributed by atoms with Gasteiger partial charge >= 0.3 is 5.97 Å². The average molecular weight is 268 g/mol. The van der Waals surface area contributed by atoms with Gasteiger partial charge in [-0.25, -0.2) is 0 Å². The predicted molar refractivity (Wildman–Crippen MR) is 68.0 cm³/mol. The van der Waals surface area contributed by atoms with Crippen LogP contribution in [0.25, 0.3) is 0 Å². The molecule has 1 aromatic rings. The molecule has 0 fully saturated rings. The van der Waals surface area contributed by atoms with E-state index in [0.29, 0.717) is 11.3 Å². The Hall–Kier alpha value is -2.15. The van der Waals surface area contributed by atoms with E-state index in [1.807, 2.05) is 0 Å². The van der Waals surface area contributed by atoms with Crippen molar-refractivity contribution in [1.82, 2.24) is 0 Å². The highest BCUT2D eigenvalue weighted by Crippen LogP contribution is 2.25. The molecule has 1 atom stereocenters. The Morgan fingerprint density at radius 1 is 1.53 bits per heavy atom. The van der Waals surface area contributed by atoms with Gasteiger partial charge in [0.05, 0.1) is 18.6 Å². The lowest BCUT2D eigenvalue weighted by Gasteiger charge is -2.13. The lowest BCUT2D eigenvalue weighted by molar-refractivity contribution is -0.384. The zero-order chi connectivity index (χ0) is 14.4. The number of nitro benzene ring substituents is 1. The summed E-state index contributed by atoms with van der Waals surface area (Å²) in [6.07, 6.45) is 0.115. The Morgan fingerprint density at radius 2 is 2.21 bits per heavy atom. The first kappa shape index (κ1) is 14.9. The minimum atomic E-state index is -0.879. The Bertz CT molecular complexity index is 475. The Morgan fingerprint density at radius 3 is 2.74 bits per heavy atom. The van der Waals surface area contributed by atoms with E-state index in [9.17, 15) is 14.9 Å². The monoisotopic (exact) mass is 268 g/mol. The molecule has 104 valence electrons. The fraction of sp³-hybridized carbons (Fsp3) is 0.417. The molecule has 0 spiro atoms. The van der Waals surface area contributed by atoms with Gasteiger partial charge in [0.25, 0.3) is 5.69 Å². The topological polar surface area (TPSA) is 105 Å². The molecule has 1 rings (SSSR count). The van der Waals surface area contributed by atoms with Gasteiger partial charge in [0, 0.05) is 24.1 Å². The molecule has 0 saturated carbocycles. The Balaban J connectivity index is 2.94. The maximum absolute atomic E-state index is 11.4. The molecule has 1 aromatic carbocycles. The molecule has 0 heterocycles. The molecule has 0 saturated heterocycles. The molecule has 0 radical (unpaired) electrons. The standard InChI is InChI=1S/C12H16N2O5/c1-3-19-12(15)10(13)7-8-6-9(14(16)17)4-5-11(8)18-2/h4-6,10H,3,7,13H2,1-2H3/t10-/m0/s1. The number of esters is 1. The number of nitrogens with zero attached hydrogens (tertiary/aromatic N) is 1. The van der Waals surface area contributed by atoms with E-state index in [1.165, 1.54) is 25.3 Å². The van der Waals surface area contributed by atoms with E-state index < -0.39 is 16.9 Å². The van der Waals surface area contributed by atoms with Crippen LogP contribution in [0.2, 0.25) is 0 Å². The molecule has 0 aliphatic rings. The SMILES string of the molecule is CCOC(=O)[C@@H](N)Cc1cc([N+](=O)[O-])ccc1OC. The molecule has 0 aliphatic carbocycles. The van der Waals surface area contributed by atoms with Crippen LogP contribution in [0.15, 0.2) is 18.2 Å². The molecule has 0 aromatic heterocycles. The predicted octanol–water partition coefficient (Wildman–Crippen LogP) is 1.04. The highest BCUT2D eigenvalue weighted by atomic mass is 16.6. The van der Waals surface area contributed by atoms with E-state index in [-0.39, 0.29) is 18.7 Å². The second kappa shape index (κ2) is 6.69. The summed E-state index contributed by atoms with van der Waals surface area (Å²) in [7, 11) is 1.44. The van der Waals surface area contributed by atoms with Crippen LogP contribution in [-0.4, -0.2) is 30.7 Å². The maximum Gasteiger partial charge on any atom is 0.323 e. The van der Waals surface area contributed by atoms with Crippen LogP contribution in [0.4, 0.5) is 5.69 Å². The van der Waals surface area contributed by atoms with Crippen LogP contribution >= 0.6 is 0 Å². The van der Waals surface area contributed by atoms with Crippen molar-refractivity contribution < 1.29 is 19.2 Å². The number of hydrogen-bond donors (Lipinski definition) is 1. The molecule has 7 nitrogen and oxygen atoms in total. The summed E-state index contributed by atoms with van der Waals surface area (Å²) >= 11 is 0. The highest BCUT2D eigenvalue weighted by molar-refractivity contribution is 5.76. The molecule has 0 amide bonds. The van der Waals surface area contributed by atoms with Crippen molar-refractivity contribution in [3.63, 3.8) is 0 Å². The van der Waals surface area contributed by atoms with Gasteiger partial charge < -0.3 is 15.2 Å². The van der Waals surface area contributed by atoms with Crippen LogP contribution in [-0.2, 0) is 16.0 Å². The number of hydrogen-bond acceptors (Lipinski definition) is 6. The van der Waals surface area contributed by atoms with Gasteiger partial charge in [-0.1, -0.05) is 0 Å². The molecule has 0 aliphatic heterocycles. The second-order valence-electron chi connectivity index (χ2n) is 3.82. The molecular weight excluding hydrogens is 252 g/mol. The Kier molecular flexibility index (Phi) is 5.25. The molecule has 0 unspecified atom stereocenters. The van der Waals surface area contributed by atoms with Gasteiger partial charge in [0.15, 0.2) is 0 Å². The summed E-state index contributed by atoms with van der Waals surface area (Å²) in [5, 5.41) is 10.7. The third-order valence-electron chi connectivity index (χ3n) is 2.50. The van der Waals surface area contributed by atoms with Crippen LogP contribution in [0.3, 0.4) is 0 Å². The van der Waals surface area contributed by atoms with E-state index in [0.717, 1.165) is 0 Å². The van der Waals surface area contributed by atoms with Gasteiger partial charge in [0.2, 0.25) is 0 Å². The van der Waals surface area contributed by atoms with Gasteiger partial charge in [-0.05, 0) is 13.0 Å². The molecule has 7 heteroatoms. The summed E-state index contributed by atoms with van der Waals surface area (Å²) in [4.78, 5) is 21.6.